The molecule has 0 spiro atoms. The maximum absolute atomic E-state index is 14.7. The van der Waals surface area contributed by atoms with Crippen LogP contribution in [-0.4, -0.2) is 102 Å². The van der Waals surface area contributed by atoms with Gasteiger partial charge in [-0.15, -0.1) is 0 Å². The lowest BCUT2D eigenvalue weighted by Gasteiger charge is -2.39. The van der Waals surface area contributed by atoms with E-state index in [4.69, 9.17) is 4.74 Å². The fourth-order valence-electron chi connectivity index (χ4n) is 7.08. The molecule has 2 saturated heterocycles. The van der Waals surface area contributed by atoms with Crippen LogP contribution in [0.5, 0.6) is 5.75 Å². The van der Waals surface area contributed by atoms with E-state index < -0.39 is 6.04 Å². The second-order valence-electron chi connectivity index (χ2n) is 13.8. The normalized spacial score (nSPS) is 15.7. The Hall–Kier alpha value is -5.41. The van der Waals surface area contributed by atoms with Gasteiger partial charge in [0.15, 0.2) is 0 Å². The van der Waals surface area contributed by atoms with Gasteiger partial charge in [0.05, 0.1) is 6.61 Å². The molecule has 6 rings (SSSR count). The zero-order valence-corrected chi connectivity index (χ0v) is 31.0. The summed E-state index contributed by atoms with van der Waals surface area (Å²) in [5.74, 6) is 0.630. The minimum absolute atomic E-state index is 0.0315. The van der Waals surface area contributed by atoms with Gasteiger partial charge in [-0.1, -0.05) is 84.9 Å². The summed E-state index contributed by atoms with van der Waals surface area (Å²) >= 11 is 0. The third-order valence-corrected chi connectivity index (χ3v) is 10.1. The lowest BCUT2D eigenvalue weighted by Crippen LogP contribution is -2.56. The number of anilines is 1. The summed E-state index contributed by atoms with van der Waals surface area (Å²) in [6.45, 7) is 11.0. The molecular weight excluding hydrogens is 663 g/mol. The number of hydrogen-bond donors (Lipinski definition) is 0. The molecule has 4 aromatic carbocycles. The molecule has 9 heteroatoms. The van der Waals surface area contributed by atoms with Gasteiger partial charge in [-0.05, 0) is 59.5 Å². The Bertz CT molecular complexity index is 1800. The highest BCUT2D eigenvalue weighted by atomic mass is 16.5. The molecule has 2 fully saturated rings. The van der Waals surface area contributed by atoms with E-state index in [1.165, 1.54) is 5.56 Å². The molecule has 2 aliphatic rings. The van der Waals surface area contributed by atoms with Crippen LogP contribution in [0.3, 0.4) is 0 Å². The van der Waals surface area contributed by atoms with E-state index in [0.717, 1.165) is 60.9 Å². The molecule has 1 atom stereocenters. The lowest BCUT2D eigenvalue weighted by atomic mass is 10.0. The Morgan fingerprint density at radius 1 is 0.698 bits per heavy atom. The van der Waals surface area contributed by atoms with Gasteiger partial charge in [-0.25, -0.2) is 0 Å². The first-order chi connectivity index (χ1) is 25.9. The monoisotopic (exact) mass is 713 g/mol. The molecule has 0 N–H and O–H groups in total. The van der Waals surface area contributed by atoms with Crippen LogP contribution >= 0.6 is 0 Å². The number of hydrogen-bond acceptors (Lipinski definition) is 6. The van der Waals surface area contributed by atoms with Crippen molar-refractivity contribution in [1.29, 1.82) is 0 Å². The van der Waals surface area contributed by atoms with Crippen molar-refractivity contribution in [2.24, 2.45) is 0 Å². The van der Waals surface area contributed by atoms with Crippen molar-refractivity contribution in [3.05, 3.63) is 138 Å². The standard InChI is InChI=1S/C44H51N5O4/c1-3-53-41-21-16-36(17-22-41)18-23-43(51)49(34-39-14-19-40(20-15-39)47-30-28-46(29-31-47)35(2)50)42(32-37-10-6-4-7-11-37)44(52)48-26-24-45(25-27-48)33-38-12-8-5-9-13-38/h4-23,42H,3,24-34H2,1-2H3/t42-/m0/s1. The van der Waals surface area contributed by atoms with Crippen LogP contribution in [0.2, 0.25) is 0 Å². The number of piperazine rings is 2. The van der Waals surface area contributed by atoms with Gasteiger partial charge in [0.2, 0.25) is 17.7 Å². The van der Waals surface area contributed by atoms with Crippen LogP contribution in [0.1, 0.15) is 36.1 Å². The van der Waals surface area contributed by atoms with Gasteiger partial charge in [-0.2, -0.15) is 0 Å². The maximum atomic E-state index is 14.7. The highest BCUT2D eigenvalue weighted by Gasteiger charge is 2.34. The number of rotatable bonds is 13. The van der Waals surface area contributed by atoms with E-state index in [-0.39, 0.29) is 24.3 Å². The number of nitrogens with zero attached hydrogens (tertiary/aromatic N) is 5. The fourth-order valence-corrected chi connectivity index (χ4v) is 7.08. The van der Waals surface area contributed by atoms with Crippen LogP contribution < -0.4 is 9.64 Å². The minimum Gasteiger partial charge on any atom is -0.494 e. The molecule has 0 aliphatic carbocycles. The molecule has 9 nitrogen and oxygen atoms in total. The van der Waals surface area contributed by atoms with E-state index in [0.29, 0.717) is 39.2 Å². The first kappa shape index (κ1) is 37.4. The summed E-state index contributed by atoms with van der Waals surface area (Å²) in [7, 11) is 0. The lowest BCUT2D eigenvalue weighted by molar-refractivity contribution is -0.145. The number of amides is 3. The van der Waals surface area contributed by atoms with Crippen molar-refractivity contribution in [1.82, 2.24) is 19.6 Å². The third-order valence-electron chi connectivity index (χ3n) is 10.1. The van der Waals surface area contributed by atoms with E-state index in [9.17, 15) is 14.4 Å². The SMILES string of the molecule is CCOc1ccc(C=CC(=O)N(Cc2ccc(N3CCN(C(C)=O)CC3)cc2)[C@@H](Cc2ccccc2)C(=O)N2CCN(Cc3ccccc3)CC2)cc1. The van der Waals surface area contributed by atoms with Gasteiger partial charge in [0.25, 0.3) is 0 Å². The van der Waals surface area contributed by atoms with E-state index in [2.05, 4.69) is 58.3 Å². The second-order valence-corrected chi connectivity index (χ2v) is 13.8. The summed E-state index contributed by atoms with van der Waals surface area (Å²) in [4.78, 5) is 51.1. The first-order valence-corrected chi connectivity index (χ1v) is 18.8. The average molecular weight is 714 g/mol. The number of benzene rings is 4. The van der Waals surface area contributed by atoms with Gasteiger partial charge < -0.3 is 24.3 Å². The van der Waals surface area contributed by atoms with Crippen LogP contribution in [-0.2, 0) is 33.9 Å². The van der Waals surface area contributed by atoms with Crippen molar-refractivity contribution < 1.29 is 19.1 Å². The molecule has 2 aliphatic heterocycles. The Morgan fingerprint density at radius 2 is 1.30 bits per heavy atom. The molecule has 4 aromatic rings. The minimum atomic E-state index is -0.699. The summed E-state index contributed by atoms with van der Waals surface area (Å²) in [5.41, 5.74) is 5.15. The van der Waals surface area contributed by atoms with Gasteiger partial charge >= 0.3 is 0 Å². The van der Waals surface area contributed by atoms with Crippen molar-refractivity contribution in [2.75, 3.05) is 63.9 Å². The Balaban J connectivity index is 1.24. The second kappa shape index (κ2) is 18.4. The largest absolute Gasteiger partial charge is 0.494 e. The van der Waals surface area contributed by atoms with E-state index in [1.807, 2.05) is 77.4 Å². The van der Waals surface area contributed by atoms with Crippen molar-refractivity contribution in [3.8, 4) is 5.75 Å². The summed E-state index contributed by atoms with van der Waals surface area (Å²) < 4.78 is 5.60. The smallest absolute Gasteiger partial charge is 0.247 e. The molecular formula is C44H51N5O4. The van der Waals surface area contributed by atoms with Crippen LogP contribution in [0, 0.1) is 0 Å². The van der Waals surface area contributed by atoms with Crippen LogP contribution in [0.4, 0.5) is 5.69 Å². The molecule has 2 heterocycles. The Kier molecular flexibility index (Phi) is 13.0. The van der Waals surface area contributed by atoms with E-state index >= 15 is 0 Å². The Morgan fingerprint density at radius 3 is 1.91 bits per heavy atom. The van der Waals surface area contributed by atoms with Crippen LogP contribution in [0.15, 0.2) is 115 Å². The summed E-state index contributed by atoms with van der Waals surface area (Å²) in [5, 5.41) is 0. The number of carbonyl (C=O) groups excluding carboxylic acids is 3. The number of carbonyl (C=O) groups is 3. The third kappa shape index (κ3) is 10.4. The molecule has 276 valence electrons. The molecule has 0 saturated carbocycles. The predicted octanol–water partition coefficient (Wildman–Crippen LogP) is 5.75. The zero-order chi connectivity index (χ0) is 37.0. The Labute approximate surface area is 314 Å². The molecule has 0 aromatic heterocycles. The highest BCUT2D eigenvalue weighted by Crippen LogP contribution is 2.23. The zero-order valence-electron chi connectivity index (χ0n) is 31.0. The summed E-state index contributed by atoms with van der Waals surface area (Å²) in [6.07, 6.45) is 3.80. The van der Waals surface area contributed by atoms with E-state index in [1.54, 1.807) is 24.0 Å². The van der Waals surface area contributed by atoms with Crippen LogP contribution in [0.25, 0.3) is 6.08 Å². The molecule has 0 radical (unpaired) electrons. The topological polar surface area (TPSA) is 76.6 Å². The molecule has 3 amide bonds. The number of ether oxygens (including phenoxy) is 1. The summed E-state index contributed by atoms with van der Waals surface area (Å²) in [6, 6.07) is 35.6. The van der Waals surface area contributed by atoms with Crippen molar-refractivity contribution in [2.45, 2.75) is 39.4 Å². The first-order valence-electron chi connectivity index (χ1n) is 18.8. The predicted molar refractivity (Wildman–Crippen MR) is 210 cm³/mol. The molecule has 0 unspecified atom stereocenters. The maximum Gasteiger partial charge on any atom is 0.247 e. The van der Waals surface area contributed by atoms with Crippen molar-refractivity contribution in [3.63, 3.8) is 0 Å². The highest BCUT2D eigenvalue weighted by molar-refractivity contribution is 5.96. The quantitative estimate of drug-likeness (QED) is 0.164. The van der Waals surface area contributed by atoms with Gasteiger partial charge in [0, 0.05) is 90.6 Å². The molecule has 0 bridgehead atoms. The average Bonchev–Trinajstić information content (AvgIpc) is 3.20. The molecule has 53 heavy (non-hydrogen) atoms. The fraction of sp³-hybridized carbons (Fsp3) is 0.341. The van der Waals surface area contributed by atoms with Gasteiger partial charge in [0.1, 0.15) is 11.8 Å². The van der Waals surface area contributed by atoms with Gasteiger partial charge in [-0.3, -0.25) is 19.3 Å². The van der Waals surface area contributed by atoms with Crippen molar-refractivity contribution >= 4 is 29.5 Å².